The van der Waals surface area contributed by atoms with Crippen molar-refractivity contribution < 1.29 is 0 Å². The highest BCUT2D eigenvalue weighted by atomic mass is 32.2. The van der Waals surface area contributed by atoms with Gasteiger partial charge in [-0.15, -0.1) is 11.8 Å². The molecule has 0 aliphatic heterocycles. The fourth-order valence-corrected chi connectivity index (χ4v) is 4.05. The number of fused-ring (bicyclic) bond motifs is 1. The third-order valence-corrected chi connectivity index (χ3v) is 5.64. The minimum Gasteiger partial charge on any atom is -0.357 e. The average molecular weight is 339 g/mol. The van der Waals surface area contributed by atoms with Crippen LogP contribution in [0.3, 0.4) is 0 Å². The predicted molar refractivity (Wildman–Crippen MR) is 106 cm³/mol. The monoisotopic (exact) mass is 338 g/mol. The maximum Gasteiger partial charge on any atom is 0.0459 e. The Kier molecular flexibility index (Phi) is 6.00. The van der Waals surface area contributed by atoms with Crippen LogP contribution >= 0.6 is 11.8 Å². The summed E-state index contributed by atoms with van der Waals surface area (Å²) >= 11 is 1.90. The van der Waals surface area contributed by atoms with Crippen LogP contribution in [0.5, 0.6) is 0 Å². The Morgan fingerprint density at radius 3 is 2.38 bits per heavy atom. The number of para-hydroxylation sites is 1. The van der Waals surface area contributed by atoms with Gasteiger partial charge in [0.2, 0.25) is 0 Å². The summed E-state index contributed by atoms with van der Waals surface area (Å²) < 4.78 is 0. The fourth-order valence-electron chi connectivity index (χ4n) is 3.15. The van der Waals surface area contributed by atoms with Crippen LogP contribution in [0, 0.1) is 0 Å². The van der Waals surface area contributed by atoms with E-state index >= 15 is 0 Å². The molecule has 1 N–H and O–H groups in total. The number of thioether (sulfide) groups is 1. The second-order valence-electron chi connectivity index (χ2n) is 6.01. The molecule has 2 nitrogen and oxygen atoms in total. The standard InChI is InChI=1S/C21H26N2S/c1-3-23(4-2)15-14-19-18-12-8-9-13-20(18)22-21(19)16-24-17-10-6-5-7-11-17/h5-13,22H,3-4,14-16H2,1-2H3. The third-order valence-electron chi connectivity index (χ3n) is 4.60. The second kappa shape index (κ2) is 8.41. The lowest BCUT2D eigenvalue weighted by molar-refractivity contribution is 0.308. The zero-order valence-electron chi connectivity index (χ0n) is 14.6. The van der Waals surface area contributed by atoms with E-state index in [9.17, 15) is 0 Å². The van der Waals surface area contributed by atoms with Gasteiger partial charge < -0.3 is 9.88 Å². The van der Waals surface area contributed by atoms with Gasteiger partial charge in [0.1, 0.15) is 0 Å². The number of aromatic amines is 1. The zero-order valence-corrected chi connectivity index (χ0v) is 15.4. The number of hydrogen-bond donors (Lipinski definition) is 1. The van der Waals surface area contributed by atoms with E-state index in [4.69, 9.17) is 0 Å². The van der Waals surface area contributed by atoms with E-state index in [1.54, 1.807) is 0 Å². The van der Waals surface area contributed by atoms with Gasteiger partial charge in [0.05, 0.1) is 0 Å². The van der Waals surface area contributed by atoms with Gasteiger partial charge in [-0.3, -0.25) is 0 Å². The molecule has 0 atom stereocenters. The van der Waals surface area contributed by atoms with Crippen LogP contribution in [-0.2, 0) is 12.2 Å². The topological polar surface area (TPSA) is 19.0 Å². The van der Waals surface area contributed by atoms with Crippen LogP contribution in [0.2, 0.25) is 0 Å². The number of benzene rings is 2. The minimum atomic E-state index is 0.992. The Bertz CT molecular complexity index is 760. The maximum atomic E-state index is 3.65. The smallest absolute Gasteiger partial charge is 0.0459 e. The number of H-pyrrole nitrogens is 1. The Hall–Kier alpha value is -1.71. The minimum absolute atomic E-state index is 0.992. The summed E-state index contributed by atoms with van der Waals surface area (Å²) in [6.07, 6.45) is 1.11. The molecule has 2 aromatic carbocycles. The molecule has 0 bridgehead atoms. The van der Waals surface area contributed by atoms with E-state index < -0.39 is 0 Å². The third kappa shape index (κ3) is 4.03. The van der Waals surface area contributed by atoms with Gasteiger partial charge in [-0.1, -0.05) is 50.2 Å². The highest BCUT2D eigenvalue weighted by Gasteiger charge is 2.12. The highest BCUT2D eigenvalue weighted by Crippen LogP contribution is 2.29. The van der Waals surface area contributed by atoms with E-state index in [1.807, 2.05) is 11.8 Å². The van der Waals surface area contributed by atoms with Gasteiger partial charge in [-0.05, 0) is 43.3 Å². The molecule has 126 valence electrons. The summed E-state index contributed by atoms with van der Waals surface area (Å²) in [6, 6.07) is 19.3. The van der Waals surface area contributed by atoms with E-state index in [2.05, 4.69) is 78.3 Å². The second-order valence-corrected chi connectivity index (χ2v) is 7.06. The van der Waals surface area contributed by atoms with Crippen molar-refractivity contribution in [2.24, 2.45) is 0 Å². The first-order chi connectivity index (χ1) is 11.8. The van der Waals surface area contributed by atoms with Gasteiger partial charge in [-0.2, -0.15) is 0 Å². The number of likely N-dealkylation sites (N-methyl/N-ethyl adjacent to an activating group) is 1. The summed E-state index contributed by atoms with van der Waals surface area (Å²) in [5.74, 6) is 0.992. The molecule has 0 fully saturated rings. The van der Waals surface area contributed by atoms with Crippen molar-refractivity contribution in [2.75, 3.05) is 19.6 Å². The van der Waals surface area contributed by atoms with Crippen LogP contribution in [0.15, 0.2) is 59.5 Å². The summed E-state index contributed by atoms with van der Waals surface area (Å²) in [5, 5.41) is 1.38. The molecular weight excluding hydrogens is 312 g/mol. The molecule has 0 saturated heterocycles. The van der Waals surface area contributed by atoms with Crippen molar-refractivity contribution in [3.05, 3.63) is 65.9 Å². The molecular formula is C21H26N2S. The molecule has 3 aromatic rings. The normalized spacial score (nSPS) is 11.5. The summed E-state index contributed by atoms with van der Waals surface area (Å²) in [5.41, 5.74) is 4.12. The Morgan fingerprint density at radius 2 is 1.62 bits per heavy atom. The fraction of sp³-hybridized carbons (Fsp3) is 0.333. The number of aromatic nitrogens is 1. The van der Waals surface area contributed by atoms with E-state index in [0.29, 0.717) is 0 Å². The molecule has 0 unspecified atom stereocenters. The van der Waals surface area contributed by atoms with Crippen molar-refractivity contribution in [2.45, 2.75) is 30.9 Å². The SMILES string of the molecule is CCN(CC)CCc1c(CSc2ccccc2)[nH]c2ccccc12. The van der Waals surface area contributed by atoms with E-state index in [1.165, 1.54) is 27.1 Å². The summed E-state index contributed by atoms with van der Waals surface area (Å²) in [7, 11) is 0. The Morgan fingerprint density at radius 1 is 0.917 bits per heavy atom. The molecule has 3 heteroatoms. The van der Waals surface area contributed by atoms with Gasteiger partial charge >= 0.3 is 0 Å². The van der Waals surface area contributed by atoms with Gasteiger partial charge in [0.15, 0.2) is 0 Å². The lowest BCUT2D eigenvalue weighted by atomic mass is 10.1. The van der Waals surface area contributed by atoms with Gasteiger partial charge in [-0.25, -0.2) is 0 Å². The molecule has 1 heterocycles. The number of rotatable bonds is 8. The largest absolute Gasteiger partial charge is 0.357 e. The highest BCUT2D eigenvalue weighted by molar-refractivity contribution is 7.98. The van der Waals surface area contributed by atoms with Crippen LogP contribution in [0.1, 0.15) is 25.1 Å². The maximum absolute atomic E-state index is 3.65. The van der Waals surface area contributed by atoms with Crippen molar-refractivity contribution >= 4 is 22.7 Å². The Balaban J connectivity index is 1.81. The van der Waals surface area contributed by atoms with Crippen LogP contribution in [0.4, 0.5) is 0 Å². The first-order valence-corrected chi connectivity index (χ1v) is 9.79. The summed E-state index contributed by atoms with van der Waals surface area (Å²) in [4.78, 5) is 7.48. The molecule has 1 aromatic heterocycles. The first kappa shape index (κ1) is 17.1. The number of nitrogens with one attached hydrogen (secondary N) is 1. The lowest BCUT2D eigenvalue weighted by Gasteiger charge is -2.18. The molecule has 0 aliphatic rings. The van der Waals surface area contributed by atoms with Crippen molar-refractivity contribution in [1.29, 1.82) is 0 Å². The molecule has 0 spiro atoms. The summed E-state index contributed by atoms with van der Waals surface area (Å²) in [6.45, 7) is 7.84. The van der Waals surface area contributed by atoms with Gasteiger partial charge in [0, 0.05) is 33.8 Å². The van der Waals surface area contributed by atoms with Crippen LogP contribution < -0.4 is 0 Å². The zero-order chi connectivity index (χ0) is 16.8. The lowest BCUT2D eigenvalue weighted by Crippen LogP contribution is -2.25. The van der Waals surface area contributed by atoms with Crippen LogP contribution in [0.25, 0.3) is 10.9 Å². The van der Waals surface area contributed by atoms with Crippen LogP contribution in [-0.4, -0.2) is 29.5 Å². The Labute approximate surface area is 149 Å². The quantitative estimate of drug-likeness (QED) is 0.559. The predicted octanol–water partition coefficient (Wildman–Crippen LogP) is 5.34. The average Bonchev–Trinajstić information content (AvgIpc) is 2.99. The molecule has 0 aliphatic carbocycles. The molecule has 24 heavy (non-hydrogen) atoms. The van der Waals surface area contributed by atoms with Crippen molar-refractivity contribution in [3.8, 4) is 0 Å². The van der Waals surface area contributed by atoms with Crippen molar-refractivity contribution in [3.63, 3.8) is 0 Å². The molecule has 0 radical (unpaired) electrons. The first-order valence-electron chi connectivity index (χ1n) is 8.80. The molecule has 3 rings (SSSR count). The molecule has 0 saturated carbocycles. The van der Waals surface area contributed by atoms with E-state index in [-0.39, 0.29) is 0 Å². The van der Waals surface area contributed by atoms with Crippen molar-refractivity contribution in [1.82, 2.24) is 9.88 Å². The number of nitrogens with zero attached hydrogens (tertiary/aromatic N) is 1. The number of hydrogen-bond acceptors (Lipinski definition) is 2. The van der Waals surface area contributed by atoms with Gasteiger partial charge in [0.25, 0.3) is 0 Å². The molecule has 0 amide bonds. The van der Waals surface area contributed by atoms with E-state index in [0.717, 1.165) is 31.8 Å².